The smallest absolute Gasteiger partial charge is 0.519 e. The van der Waals surface area contributed by atoms with Crippen LogP contribution in [0.25, 0.3) is 75.4 Å². The number of benzene rings is 10. The summed E-state index contributed by atoms with van der Waals surface area (Å²) in [6, 6.07) is 6.79. The van der Waals surface area contributed by atoms with Gasteiger partial charge in [0.05, 0.1) is 32.4 Å². The van der Waals surface area contributed by atoms with E-state index in [9.17, 15) is 8.78 Å². The normalized spacial score (nSPS) is 12.3. The minimum Gasteiger partial charge on any atom is -0.519 e. The van der Waals surface area contributed by atoms with Crippen molar-refractivity contribution in [2.24, 2.45) is 0 Å². The third-order valence-electron chi connectivity index (χ3n) is 10.8. The average molecular weight is 878 g/mol. The molecule has 62 heavy (non-hydrogen) atoms. The van der Waals surface area contributed by atoms with Gasteiger partial charge in [0.25, 0.3) is 0 Å². The molecule has 0 amide bonds. The lowest BCUT2D eigenvalue weighted by Crippen LogP contribution is -2.46. The van der Waals surface area contributed by atoms with Crippen LogP contribution in [0.1, 0.15) is 0 Å². The van der Waals surface area contributed by atoms with Crippen molar-refractivity contribution in [2.75, 3.05) is 0 Å². The van der Waals surface area contributed by atoms with E-state index in [2.05, 4.69) is 0 Å². The van der Waals surface area contributed by atoms with Crippen LogP contribution in [-0.2, 0) is 0 Å². The SMILES string of the molecule is Fc1c(F)c(F)c2c(B(Oc3c(F)c(F)c4c(F)c(F)c5c(F)ccc6ccc3c4c65)Oc3c(F)c(F)c4c(F)c(F)c5c(F)ccc6ccc3c4c65)c(F)c(F)c(F)c2c1F. The Morgan fingerprint density at radius 1 is 0.258 bits per heavy atom. The van der Waals surface area contributed by atoms with Gasteiger partial charge in [-0.3, -0.25) is 0 Å². The minimum atomic E-state index is -3.54. The zero-order chi connectivity index (χ0) is 44.3. The van der Waals surface area contributed by atoms with E-state index < -0.39 is 188 Å². The molecule has 20 heteroatoms. The highest BCUT2D eigenvalue weighted by atomic mass is 19.2. The van der Waals surface area contributed by atoms with Gasteiger partial charge in [0.15, 0.2) is 87.3 Å². The van der Waals surface area contributed by atoms with Crippen LogP contribution >= 0.6 is 0 Å². The van der Waals surface area contributed by atoms with E-state index in [0.29, 0.717) is 12.1 Å². The first-order valence-electron chi connectivity index (χ1n) is 17.3. The van der Waals surface area contributed by atoms with Crippen LogP contribution in [0.2, 0.25) is 0 Å². The molecule has 310 valence electrons. The van der Waals surface area contributed by atoms with Crippen molar-refractivity contribution in [1.29, 1.82) is 0 Å². The fraction of sp³-hybridized carbons (Fsp3) is 0. The van der Waals surface area contributed by atoms with Gasteiger partial charge in [-0.25, -0.2) is 65.9 Å². The van der Waals surface area contributed by atoms with Gasteiger partial charge in [-0.05, 0) is 35.0 Å². The predicted octanol–water partition coefficient (Wildman–Crippen LogP) is 12.9. The highest BCUT2D eigenvalue weighted by Gasteiger charge is 2.43. The van der Waals surface area contributed by atoms with Crippen LogP contribution in [0.15, 0.2) is 48.5 Å². The fourth-order valence-electron chi connectivity index (χ4n) is 8.17. The first kappa shape index (κ1) is 39.2. The van der Waals surface area contributed by atoms with Crippen LogP contribution < -0.4 is 14.8 Å². The van der Waals surface area contributed by atoms with E-state index in [1.165, 1.54) is 0 Å². The third kappa shape index (κ3) is 4.79. The first-order valence-corrected chi connectivity index (χ1v) is 17.3. The molecule has 0 aromatic heterocycles. The monoisotopic (exact) mass is 878 g/mol. The zero-order valence-corrected chi connectivity index (χ0v) is 29.4. The number of rotatable bonds is 5. The maximum atomic E-state index is 16.3. The molecule has 2 nitrogen and oxygen atoms in total. The topological polar surface area (TPSA) is 18.5 Å². The molecule has 0 saturated carbocycles. The van der Waals surface area contributed by atoms with Gasteiger partial charge in [-0.15, -0.1) is 0 Å². The van der Waals surface area contributed by atoms with Crippen LogP contribution in [-0.4, -0.2) is 7.12 Å². The second kappa shape index (κ2) is 13.0. The molecule has 0 radical (unpaired) electrons. The van der Waals surface area contributed by atoms with Gasteiger partial charge in [0, 0.05) is 37.7 Å². The molecule has 0 atom stereocenters. The Morgan fingerprint density at radius 2 is 0.565 bits per heavy atom. The van der Waals surface area contributed by atoms with E-state index in [-0.39, 0.29) is 10.8 Å². The summed E-state index contributed by atoms with van der Waals surface area (Å²) >= 11 is 0. The standard InChI is InChI=1S/C42H8BF17O2/c44-13-7-3-9-1-5-11-17-15(9)19(13)26(46)29(49)22(17)33(53)39(59)41(11)61-43(25-21-24(31(51)36(56)35(25)55)32(52)38(58)37(57)28(21)48)62-42-12-6-2-10-4-8-14(45)20-16(10)18(12)23(30(50)27(20)47)34(54)40(42)60/h1-8H. The predicted molar refractivity (Wildman–Crippen MR) is 190 cm³/mol. The number of halogens is 17. The highest BCUT2D eigenvalue weighted by molar-refractivity contribution is 6.66. The summed E-state index contributed by atoms with van der Waals surface area (Å²) in [6.07, 6.45) is 0. The van der Waals surface area contributed by atoms with Crippen molar-refractivity contribution in [3.8, 4) is 11.5 Å². The molecule has 10 aromatic carbocycles. The molecule has 0 saturated heterocycles. The Kier molecular flexibility index (Phi) is 8.22. The van der Waals surface area contributed by atoms with Gasteiger partial charge >= 0.3 is 7.12 Å². The van der Waals surface area contributed by atoms with Gasteiger partial charge in [-0.2, -0.15) is 8.78 Å². The van der Waals surface area contributed by atoms with Crippen LogP contribution in [0.5, 0.6) is 11.5 Å². The van der Waals surface area contributed by atoms with Gasteiger partial charge in [-0.1, -0.05) is 24.3 Å². The third-order valence-corrected chi connectivity index (χ3v) is 10.8. The second-order valence-electron chi connectivity index (χ2n) is 13.9. The first-order chi connectivity index (χ1) is 29.4. The Bertz CT molecular complexity index is 3500. The summed E-state index contributed by atoms with van der Waals surface area (Å²) in [6.45, 7) is 0. The Balaban J connectivity index is 1.35. The molecule has 0 aliphatic carbocycles. The average Bonchev–Trinajstić information content (AvgIpc) is 3.25. The summed E-state index contributed by atoms with van der Waals surface area (Å²) in [4.78, 5) is 0. The summed E-state index contributed by atoms with van der Waals surface area (Å²) in [5.41, 5.74) is -2.16. The maximum Gasteiger partial charge on any atom is 0.636 e. The molecule has 0 aliphatic heterocycles. The van der Waals surface area contributed by atoms with Crippen LogP contribution in [0.4, 0.5) is 74.6 Å². The van der Waals surface area contributed by atoms with Crippen molar-refractivity contribution in [2.45, 2.75) is 0 Å². The molecule has 0 aliphatic rings. The van der Waals surface area contributed by atoms with E-state index in [1.807, 2.05) is 0 Å². The molecule has 10 rings (SSSR count). The van der Waals surface area contributed by atoms with Crippen LogP contribution in [0, 0.1) is 98.9 Å². The van der Waals surface area contributed by atoms with Gasteiger partial charge < -0.3 is 9.31 Å². The van der Waals surface area contributed by atoms with Crippen molar-refractivity contribution < 1.29 is 83.9 Å². The maximum absolute atomic E-state index is 16.3. The highest BCUT2D eigenvalue weighted by Crippen LogP contribution is 2.48. The lowest BCUT2D eigenvalue weighted by Gasteiger charge is -2.24. The molecule has 0 fully saturated rings. The number of hydrogen-bond donors (Lipinski definition) is 0. The second-order valence-corrected chi connectivity index (χ2v) is 13.9. The summed E-state index contributed by atoms with van der Waals surface area (Å²) in [5, 5.41) is -15.0. The van der Waals surface area contributed by atoms with E-state index >= 15 is 65.9 Å². The molecule has 0 unspecified atom stereocenters. The van der Waals surface area contributed by atoms with Crippen LogP contribution in [0.3, 0.4) is 0 Å². The molecule has 0 spiro atoms. The number of hydrogen-bond acceptors (Lipinski definition) is 2. The lowest BCUT2D eigenvalue weighted by atomic mass is 9.74. The fourth-order valence-corrected chi connectivity index (χ4v) is 8.17. The lowest BCUT2D eigenvalue weighted by molar-refractivity contribution is 0.388. The van der Waals surface area contributed by atoms with Gasteiger partial charge in [0.1, 0.15) is 23.1 Å². The molecular weight excluding hydrogens is 870 g/mol. The van der Waals surface area contributed by atoms with Crippen molar-refractivity contribution in [3.05, 3.63) is 147 Å². The summed E-state index contributed by atoms with van der Waals surface area (Å²) < 4.78 is 275. The molecule has 10 aromatic rings. The van der Waals surface area contributed by atoms with E-state index in [0.717, 1.165) is 36.4 Å². The van der Waals surface area contributed by atoms with E-state index in [4.69, 9.17) is 9.31 Å². The molecule has 0 bridgehead atoms. The Hall–Kier alpha value is -6.99. The van der Waals surface area contributed by atoms with E-state index in [1.54, 1.807) is 0 Å². The van der Waals surface area contributed by atoms with Gasteiger partial charge in [0.2, 0.25) is 0 Å². The van der Waals surface area contributed by atoms with Crippen molar-refractivity contribution in [1.82, 2.24) is 0 Å². The summed E-state index contributed by atoms with van der Waals surface area (Å²) in [5.74, 6) is -43.6. The number of fused-ring (bicyclic) bond motifs is 1. The molecule has 0 N–H and O–H groups in total. The molecule has 0 heterocycles. The Labute approximate surface area is 330 Å². The van der Waals surface area contributed by atoms with Crippen molar-refractivity contribution >= 4 is 88.0 Å². The summed E-state index contributed by atoms with van der Waals surface area (Å²) in [7, 11) is -3.54. The quantitative estimate of drug-likeness (QED) is 0.0564. The molecular formula is C42H8BF17O2. The van der Waals surface area contributed by atoms with Crippen molar-refractivity contribution in [3.63, 3.8) is 0 Å². The Morgan fingerprint density at radius 3 is 0.984 bits per heavy atom. The minimum absolute atomic E-state index is 0.165. The zero-order valence-electron chi connectivity index (χ0n) is 29.4. The largest absolute Gasteiger partial charge is 0.636 e.